The first-order valence-electron chi connectivity index (χ1n) is 13.7. The van der Waals surface area contributed by atoms with Crippen LogP contribution in [0.3, 0.4) is 0 Å². The third kappa shape index (κ3) is 8.46. The van der Waals surface area contributed by atoms with Gasteiger partial charge in [0, 0.05) is 23.2 Å². The second kappa shape index (κ2) is 14.7. The monoisotopic (exact) mass is 692 g/mol. The van der Waals surface area contributed by atoms with Crippen molar-refractivity contribution in [3.8, 4) is 11.6 Å². The lowest BCUT2D eigenvalue weighted by atomic mass is 9.98. The van der Waals surface area contributed by atoms with Gasteiger partial charge in [0.25, 0.3) is 10.0 Å². The zero-order valence-electron chi connectivity index (χ0n) is 25.2. The molecule has 0 unspecified atom stereocenters. The summed E-state index contributed by atoms with van der Waals surface area (Å²) >= 11 is 6.10. The van der Waals surface area contributed by atoms with E-state index in [9.17, 15) is 34.8 Å². The third-order valence-corrected chi connectivity index (χ3v) is 8.70. The van der Waals surface area contributed by atoms with Crippen LogP contribution in [-0.2, 0) is 27.1 Å². The van der Waals surface area contributed by atoms with Crippen molar-refractivity contribution in [3.63, 3.8) is 0 Å². The van der Waals surface area contributed by atoms with Gasteiger partial charge in [-0.1, -0.05) is 43.3 Å². The van der Waals surface area contributed by atoms with Crippen molar-refractivity contribution in [2.24, 2.45) is 0 Å². The Bertz CT molecular complexity index is 1700. The van der Waals surface area contributed by atoms with Gasteiger partial charge in [-0.25, -0.2) is 13.4 Å². The highest BCUT2D eigenvalue weighted by Crippen LogP contribution is 2.42. The number of alkyl halides is 6. The molecule has 0 saturated heterocycles. The van der Waals surface area contributed by atoms with Gasteiger partial charge in [-0.3, -0.25) is 4.31 Å². The van der Waals surface area contributed by atoms with E-state index in [1.165, 1.54) is 50.3 Å². The van der Waals surface area contributed by atoms with Crippen LogP contribution in [0, 0.1) is 0 Å². The lowest BCUT2D eigenvalue weighted by Crippen LogP contribution is -2.38. The maximum atomic E-state index is 13.7. The molecule has 46 heavy (non-hydrogen) atoms. The minimum Gasteiger partial charge on any atom is -0.502 e. The number of halogens is 7. The standard InChI is InChI=1S/C26H21ClF6N2O4S.C5H10O/c1-3-38-24-22(13-17(14-34-24)25(28,29)30)40(36,37)35-9-10-39-21-8-7-16(12-20(21)35)11-15(2)23-18(26(31,32)33)5-4-6-19(23)27;1-4-5(2)6-3/h4-8,11-14H,3,9-10H2,1-2H3;2,4H2,1,3H3/b15-11+;. The van der Waals surface area contributed by atoms with E-state index in [2.05, 4.69) is 11.6 Å². The first kappa shape index (κ1) is 36.6. The average molecular weight is 693 g/mol. The molecule has 0 spiro atoms. The Kier molecular flexibility index (Phi) is 11.7. The number of anilines is 1. The number of benzene rings is 2. The smallest absolute Gasteiger partial charge is 0.417 e. The highest BCUT2D eigenvalue weighted by atomic mass is 35.5. The molecule has 0 radical (unpaired) electrons. The molecule has 2 heterocycles. The number of nitrogens with zero attached hydrogens (tertiary/aromatic N) is 2. The van der Waals surface area contributed by atoms with E-state index in [0.717, 1.165) is 22.6 Å². The largest absolute Gasteiger partial charge is 0.502 e. The van der Waals surface area contributed by atoms with E-state index >= 15 is 0 Å². The number of pyridine rings is 1. The fourth-order valence-corrected chi connectivity index (χ4v) is 6.20. The molecular formula is C31H31ClF6N2O5S. The number of methoxy groups -OCH3 is 1. The highest BCUT2D eigenvalue weighted by Gasteiger charge is 2.38. The zero-order chi connectivity index (χ0) is 34.4. The highest BCUT2D eigenvalue weighted by molar-refractivity contribution is 7.93. The number of ether oxygens (including phenoxy) is 3. The Labute approximate surface area is 268 Å². The van der Waals surface area contributed by atoms with Crippen LogP contribution in [0.4, 0.5) is 32.0 Å². The molecule has 0 atom stereocenters. The molecule has 15 heteroatoms. The Morgan fingerprint density at radius 1 is 1.11 bits per heavy atom. The predicted molar refractivity (Wildman–Crippen MR) is 163 cm³/mol. The molecule has 0 aliphatic carbocycles. The van der Waals surface area contributed by atoms with Crippen LogP contribution in [0.15, 0.2) is 65.9 Å². The second-order valence-corrected chi connectivity index (χ2v) is 11.9. The van der Waals surface area contributed by atoms with E-state index in [-0.39, 0.29) is 47.4 Å². The SMILES string of the molecule is C=C(CC)OC.CCOc1ncc(C(F)(F)F)cc1S(=O)(=O)N1CCOc2ccc(/C=C(\C)c3c(Cl)cccc3C(F)(F)F)cc21. The van der Waals surface area contributed by atoms with Crippen molar-refractivity contribution in [1.82, 2.24) is 4.98 Å². The Morgan fingerprint density at radius 3 is 2.37 bits per heavy atom. The molecule has 2 aromatic carbocycles. The number of hydrogen-bond acceptors (Lipinski definition) is 6. The molecule has 1 aliphatic rings. The van der Waals surface area contributed by atoms with Crippen LogP contribution in [0.2, 0.25) is 5.02 Å². The number of aromatic nitrogens is 1. The van der Waals surface area contributed by atoms with Gasteiger partial charge < -0.3 is 14.2 Å². The minimum absolute atomic E-state index is 0.0251. The summed E-state index contributed by atoms with van der Waals surface area (Å²) < 4.78 is 125. The Balaban J connectivity index is 0.000000875. The van der Waals surface area contributed by atoms with Gasteiger partial charge in [0.2, 0.25) is 5.88 Å². The summed E-state index contributed by atoms with van der Waals surface area (Å²) in [5, 5.41) is -0.130. The van der Waals surface area contributed by atoms with Gasteiger partial charge in [-0.2, -0.15) is 26.3 Å². The van der Waals surface area contributed by atoms with Gasteiger partial charge in [-0.15, -0.1) is 0 Å². The van der Waals surface area contributed by atoms with E-state index in [1.54, 1.807) is 7.11 Å². The first-order valence-corrected chi connectivity index (χ1v) is 15.5. The summed E-state index contributed by atoms with van der Waals surface area (Å²) in [6, 6.07) is 8.11. The van der Waals surface area contributed by atoms with Crippen molar-refractivity contribution < 1.29 is 49.0 Å². The summed E-state index contributed by atoms with van der Waals surface area (Å²) in [6.45, 7) is 8.09. The van der Waals surface area contributed by atoms with E-state index in [0.29, 0.717) is 17.8 Å². The van der Waals surface area contributed by atoms with Crippen LogP contribution in [0.1, 0.15) is 49.4 Å². The average Bonchev–Trinajstić information content (AvgIpc) is 2.99. The molecule has 4 rings (SSSR count). The van der Waals surface area contributed by atoms with Gasteiger partial charge in [0.05, 0.1) is 42.8 Å². The fourth-order valence-electron chi connectivity index (χ4n) is 4.31. The minimum atomic E-state index is -4.87. The number of hydrogen-bond donors (Lipinski definition) is 0. The molecule has 0 bridgehead atoms. The molecule has 0 N–H and O–H groups in total. The molecule has 7 nitrogen and oxygen atoms in total. The van der Waals surface area contributed by atoms with Crippen molar-refractivity contribution >= 4 is 39.0 Å². The Morgan fingerprint density at radius 2 is 1.80 bits per heavy atom. The quantitative estimate of drug-likeness (QED) is 0.133. The topological polar surface area (TPSA) is 78.0 Å². The number of sulfonamides is 1. The number of fused-ring (bicyclic) bond motifs is 1. The predicted octanol–water partition coefficient (Wildman–Crippen LogP) is 8.88. The normalized spacial score (nSPS) is 13.6. The van der Waals surface area contributed by atoms with Gasteiger partial charge in [0.15, 0.2) is 4.90 Å². The summed E-state index contributed by atoms with van der Waals surface area (Å²) in [6.07, 6.45) is -6.77. The zero-order valence-corrected chi connectivity index (χ0v) is 26.8. The van der Waals surface area contributed by atoms with Crippen LogP contribution < -0.4 is 13.8 Å². The first-order chi connectivity index (χ1) is 21.4. The van der Waals surface area contributed by atoms with Crippen molar-refractivity contribution in [2.75, 3.05) is 31.2 Å². The van der Waals surface area contributed by atoms with Crippen LogP contribution in [0.25, 0.3) is 11.6 Å². The van der Waals surface area contributed by atoms with E-state index < -0.39 is 44.3 Å². The molecular weight excluding hydrogens is 662 g/mol. The van der Waals surface area contributed by atoms with Gasteiger partial charge >= 0.3 is 12.4 Å². The molecule has 3 aromatic rings. The van der Waals surface area contributed by atoms with Gasteiger partial charge in [-0.05, 0) is 55.3 Å². The summed E-state index contributed by atoms with van der Waals surface area (Å²) in [5.41, 5.74) is -2.06. The third-order valence-electron chi connectivity index (χ3n) is 6.58. The molecule has 0 fully saturated rings. The number of rotatable bonds is 8. The summed E-state index contributed by atoms with van der Waals surface area (Å²) in [4.78, 5) is 2.79. The lowest BCUT2D eigenvalue weighted by Gasteiger charge is -2.31. The maximum Gasteiger partial charge on any atom is 0.417 e. The van der Waals surface area contributed by atoms with Crippen molar-refractivity contribution in [1.29, 1.82) is 0 Å². The summed E-state index contributed by atoms with van der Waals surface area (Å²) in [7, 11) is -3.04. The van der Waals surface area contributed by atoms with E-state index in [4.69, 9.17) is 25.8 Å². The fraction of sp³-hybridized carbons (Fsp3) is 0.323. The molecule has 0 saturated carbocycles. The van der Waals surface area contributed by atoms with Crippen LogP contribution >= 0.6 is 11.6 Å². The Hall–Kier alpha value is -3.91. The van der Waals surface area contributed by atoms with Crippen molar-refractivity contribution in [3.05, 3.63) is 88.3 Å². The molecule has 1 aromatic heterocycles. The van der Waals surface area contributed by atoms with Crippen molar-refractivity contribution in [2.45, 2.75) is 44.4 Å². The lowest BCUT2D eigenvalue weighted by molar-refractivity contribution is -0.138. The summed E-state index contributed by atoms with van der Waals surface area (Å²) in [5.74, 6) is 0.445. The van der Waals surface area contributed by atoms with Gasteiger partial charge in [0.1, 0.15) is 12.4 Å². The van der Waals surface area contributed by atoms with Crippen LogP contribution in [0.5, 0.6) is 11.6 Å². The molecule has 250 valence electrons. The molecule has 1 aliphatic heterocycles. The maximum absolute atomic E-state index is 13.7. The van der Waals surface area contributed by atoms with Crippen LogP contribution in [-0.4, -0.2) is 40.3 Å². The second-order valence-electron chi connectivity index (χ2n) is 9.69. The molecule has 0 amide bonds. The number of allylic oxidation sites excluding steroid dienone is 2. The van der Waals surface area contributed by atoms with E-state index in [1.807, 2.05) is 6.92 Å².